The van der Waals surface area contributed by atoms with Gasteiger partial charge < -0.3 is 10.5 Å². The van der Waals surface area contributed by atoms with Gasteiger partial charge in [-0.1, -0.05) is 25.5 Å². The van der Waals surface area contributed by atoms with Crippen LogP contribution in [0.2, 0.25) is 0 Å². The molecule has 1 rings (SSSR count). The van der Waals surface area contributed by atoms with E-state index in [9.17, 15) is 0 Å². The number of anilines is 1. The summed E-state index contributed by atoms with van der Waals surface area (Å²) in [4.78, 5) is 2.26. The normalized spacial score (nSPS) is 11.0. The zero-order chi connectivity index (χ0) is 12.5. The largest absolute Gasteiger partial charge is 0.399 e. The van der Waals surface area contributed by atoms with Gasteiger partial charge in [0.2, 0.25) is 0 Å². The molecule has 0 amide bonds. The molecule has 96 valence electrons. The first kappa shape index (κ1) is 14.0. The van der Waals surface area contributed by atoms with Crippen molar-refractivity contribution in [2.45, 2.75) is 26.3 Å². The van der Waals surface area contributed by atoms with Crippen LogP contribution in [0.5, 0.6) is 0 Å². The molecule has 0 saturated carbocycles. The second kappa shape index (κ2) is 8.09. The smallest absolute Gasteiger partial charge is 0.0593 e. The van der Waals surface area contributed by atoms with Gasteiger partial charge >= 0.3 is 0 Å². The molecule has 0 aromatic heterocycles. The molecule has 3 heteroatoms. The van der Waals surface area contributed by atoms with Crippen LogP contribution in [0, 0.1) is 0 Å². The SMILES string of the molecule is CCCCOCCN(C)Cc1ccc(N)cc1. The Balaban J connectivity index is 2.16. The molecule has 0 atom stereocenters. The molecule has 1 aromatic rings. The molecule has 0 aliphatic heterocycles. The fourth-order valence-corrected chi connectivity index (χ4v) is 1.58. The van der Waals surface area contributed by atoms with Crippen molar-refractivity contribution in [3.05, 3.63) is 29.8 Å². The maximum absolute atomic E-state index is 5.65. The molecule has 17 heavy (non-hydrogen) atoms. The Labute approximate surface area is 105 Å². The van der Waals surface area contributed by atoms with Crippen molar-refractivity contribution < 1.29 is 4.74 Å². The molecule has 0 saturated heterocycles. The van der Waals surface area contributed by atoms with Gasteiger partial charge in [-0.05, 0) is 31.2 Å². The monoisotopic (exact) mass is 236 g/mol. The summed E-state index contributed by atoms with van der Waals surface area (Å²) in [7, 11) is 2.11. The summed E-state index contributed by atoms with van der Waals surface area (Å²) in [6.07, 6.45) is 2.35. The van der Waals surface area contributed by atoms with Crippen molar-refractivity contribution in [3.63, 3.8) is 0 Å². The minimum absolute atomic E-state index is 0.811. The summed E-state index contributed by atoms with van der Waals surface area (Å²) < 4.78 is 5.54. The first-order valence-electron chi connectivity index (χ1n) is 6.33. The Bertz CT molecular complexity index is 298. The molecule has 2 N–H and O–H groups in total. The molecule has 3 nitrogen and oxygen atoms in total. The first-order chi connectivity index (χ1) is 8.22. The number of nitrogens with zero attached hydrogens (tertiary/aromatic N) is 1. The van der Waals surface area contributed by atoms with E-state index < -0.39 is 0 Å². The van der Waals surface area contributed by atoms with E-state index in [1.165, 1.54) is 12.0 Å². The van der Waals surface area contributed by atoms with E-state index in [-0.39, 0.29) is 0 Å². The fraction of sp³-hybridized carbons (Fsp3) is 0.571. The van der Waals surface area contributed by atoms with E-state index in [0.717, 1.165) is 38.4 Å². The Morgan fingerprint density at radius 2 is 1.88 bits per heavy atom. The Kier molecular flexibility index (Phi) is 6.67. The predicted octanol–water partition coefficient (Wildman–Crippen LogP) is 2.52. The van der Waals surface area contributed by atoms with Crippen LogP contribution in [0.1, 0.15) is 25.3 Å². The number of unbranched alkanes of at least 4 members (excludes halogenated alkanes) is 1. The van der Waals surface area contributed by atoms with E-state index in [0.29, 0.717) is 0 Å². The molecule has 0 aliphatic carbocycles. The number of rotatable bonds is 8. The van der Waals surface area contributed by atoms with E-state index in [1.807, 2.05) is 12.1 Å². The lowest BCUT2D eigenvalue weighted by Gasteiger charge is -2.16. The van der Waals surface area contributed by atoms with Crippen molar-refractivity contribution in [2.24, 2.45) is 0 Å². The Morgan fingerprint density at radius 1 is 1.18 bits per heavy atom. The molecule has 0 aliphatic rings. The number of nitrogen functional groups attached to an aromatic ring is 1. The van der Waals surface area contributed by atoms with Crippen LogP contribution in [0.3, 0.4) is 0 Å². The maximum atomic E-state index is 5.65. The van der Waals surface area contributed by atoms with Crippen LogP contribution in [-0.2, 0) is 11.3 Å². The third-order valence-corrected chi connectivity index (χ3v) is 2.69. The lowest BCUT2D eigenvalue weighted by molar-refractivity contribution is 0.107. The summed E-state index contributed by atoms with van der Waals surface area (Å²) in [6.45, 7) is 5.78. The van der Waals surface area contributed by atoms with Crippen molar-refractivity contribution in [1.29, 1.82) is 0 Å². The molecule has 1 aromatic carbocycles. The van der Waals surface area contributed by atoms with Crippen LogP contribution in [0.4, 0.5) is 5.69 Å². The van der Waals surface area contributed by atoms with Gasteiger partial charge in [-0.2, -0.15) is 0 Å². The van der Waals surface area contributed by atoms with E-state index in [1.54, 1.807) is 0 Å². The van der Waals surface area contributed by atoms with Gasteiger partial charge in [0.05, 0.1) is 6.61 Å². The third-order valence-electron chi connectivity index (χ3n) is 2.69. The summed E-state index contributed by atoms with van der Waals surface area (Å²) in [5, 5.41) is 0. The van der Waals surface area contributed by atoms with Gasteiger partial charge in [-0.25, -0.2) is 0 Å². The number of hydrogen-bond donors (Lipinski definition) is 1. The highest BCUT2D eigenvalue weighted by Gasteiger charge is 2.00. The topological polar surface area (TPSA) is 38.5 Å². The maximum Gasteiger partial charge on any atom is 0.0593 e. The zero-order valence-electron chi connectivity index (χ0n) is 11.0. The lowest BCUT2D eigenvalue weighted by Crippen LogP contribution is -2.22. The number of benzene rings is 1. The summed E-state index contributed by atoms with van der Waals surface area (Å²) >= 11 is 0. The summed E-state index contributed by atoms with van der Waals surface area (Å²) in [6, 6.07) is 8.04. The second-order valence-electron chi connectivity index (χ2n) is 4.45. The average Bonchev–Trinajstić information content (AvgIpc) is 2.32. The van der Waals surface area contributed by atoms with E-state index >= 15 is 0 Å². The molecular formula is C14H24N2O. The highest BCUT2D eigenvalue weighted by atomic mass is 16.5. The zero-order valence-corrected chi connectivity index (χ0v) is 11.0. The van der Waals surface area contributed by atoms with Crippen LogP contribution in [0.15, 0.2) is 24.3 Å². The van der Waals surface area contributed by atoms with Crippen LogP contribution < -0.4 is 5.73 Å². The third kappa shape index (κ3) is 6.29. The number of hydrogen-bond acceptors (Lipinski definition) is 3. The summed E-state index contributed by atoms with van der Waals surface area (Å²) in [5.74, 6) is 0. The van der Waals surface area contributed by atoms with Gasteiger partial charge in [-0.15, -0.1) is 0 Å². The number of nitrogens with two attached hydrogens (primary N) is 1. The molecule has 0 radical (unpaired) electrons. The van der Waals surface area contributed by atoms with Crippen molar-refractivity contribution in [3.8, 4) is 0 Å². The van der Waals surface area contributed by atoms with Gasteiger partial charge in [0, 0.05) is 25.4 Å². The molecule has 0 spiro atoms. The minimum atomic E-state index is 0.811. The molecular weight excluding hydrogens is 212 g/mol. The lowest BCUT2D eigenvalue weighted by atomic mass is 10.2. The van der Waals surface area contributed by atoms with Crippen molar-refractivity contribution in [2.75, 3.05) is 32.5 Å². The Morgan fingerprint density at radius 3 is 2.53 bits per heavy atom. The van der Waals surface area contributed by atoms with Crippen molar-refractivity contribution >= 4 is 5.69 Å². The number of ether oxygens (including phenoxy) is 1. The Hall–Kier alpha value is -1.06. The molecule has 0 fully saturated rings. The van der Waals surface area contributed by atoms with Crippen molar-refractivity contribution in [1.82, 2.24) is 4.90 Å². The van der Waals surface area contributed by atoms with E-state index in [2.05, 4.69) is 31.0 Å². The van der Waals surface area contributed by atoms with Gasteiger partial charge in [-0.3, -0.25) is 4.90 Å². The highest BCUT2D eigenvalue weighted by molar-refractivity contribution is 5.39. The van der Waals surface area contributed by atoms with E-state index in [4.69, 9.17) is 10.5 Å². The molecule has 0 bridgehead atoms. The quantitative estimate of drug-likeness (QED) is 0.557. The first-order valence-corrected chi connectivity index (χ1v) is 6.33. The minimum Gasteiger partial charge on any atom is -0.399 e. The van der Waals surface area contributed by atoms with Crippen LogP contribution in [0.25, 0.3) is 0 Å². The highest BCUT2D eigenvalue weighted by Crippen LogP contribution is 2.07. The van der Waals surface area contributed by atoms with Gasteiger partial charge in [0.15, 0.2) is 0 Å². The van der Waals surface area contributed by atoms with Crippen LogP contribution >= 0.6 is 0 Å². The molecule has 0 unspecified atom stereocenters. The standard InChI is InChI=1S/C14H24N2O/c1-3-4-10-17-11-9-16(2)12-13-5-7-14(15)8-6-13/h5-8H,3-4,9-12,15H2,1-2H3. The molecule has 0 heterocycles. The van der Waals surface area contributed by atoms with Gasteiger partial charge in [0.1, 0.15) is 0 Å². The fourth-order valence-electron chi connectivity index (χ4n) is 1.58. The van der Waals surface area contributed by atoms with Gasteiger partial charge in [0.25, 0.3) is 0 Å². The predicted molar refractivity (Wildman–Crippen MR) is 72.9 cm³/mol. The second-order valence-corrected chi connectivity index (χ2v) is 4.45. The summed E-state index contributed by atoms with van der Waals surface area (Å²) in [5.41, 5.74) is 7.76. The number of likely N-dealkylation sites (N-methyl/N-ethyl adjacent to an activating group) is 1. The van der Waals surface area contributed by atoms with Crippen LogP contribution in [-0.4, -0.2) is 31.7 Å². The average molecular weight is 236 g/mol.